The van der Waals surface area contributed by atoms with Crippen LogP contribution in [0, 0.1) is 5.41 Å². The number of carbonyl (C=O) groups excluding carboxylic acids is 4. The van der Waals surface area contributed by atoms with E-state index >= 15 is 0 Å². The molecule has 0 atom stereocenters. The molecular formula is C52H93KN8O4. The number of carbonyl (C=O) groups is 4. The van der Waals surface area contributed by atoms with E-state index in [0.29, 0.717) is 37.8 Å². The summed E-state index contributed by atoms with van der Waals surface area (Å²) in [5.41, 5.74) is 5.42. The third-order valence-electron chi connectivity index (χ3n) is 9.52. The minimum atomic E-state index is 0. The molecule has 0 aromatic heterocycles. The number of rotatable bonds is 20. The van der Waals surface area contributed by atoms with Gasteiger partial charge in [-0.15, -0.1) is 12.2 Å². The largest absolute Gasteiger partial charge is 1.00 e. The summed E-state index contributed by atoms with van der Waals surface area (Å²) < 4.78 is 0. The summed E-state index contributed by atoms with van der Waals surface area (Å²) in [6.07, 6.45) is 10.4. The number of benzene rings is 2. The van der Waals surface area contributed by atoms with Crippen molar-refractivity contribution in [1.29, 1.82) is 0 Å². The van der Waals surface area contributed by atoms with E-state index in [-0.39, 0.29) is 69.1 Å². The summed E-state index contributed by atoms with van der Waals surface area (Å²) in [6, 6.07) is 15.9. The Morgan fingerprint density at radius 2 is 1.29 bits per heavy atom. The third-order valence-corrected chi connectivity index (χ3v) is 9.52. The molecule has 2 fully saturated rings. The van der Waals surface area contributed by atoms with Gasteiger partial charge >= 0.3 is 51.4 Å². The Labute approximate surface area is 440 Å². The van der Waals surface area contributed by atoms with E-state index in [2.05, 4.69) is 82.0 Å². The molecule has 0 saturated carbocycles. The second-order valence-electron chi connectivity index (χ2n) is 17.0. The zero-order valence-electron chi connectivity index (χ0n) is 43.4. The fourth-order valence-corrected chi connectivity index (χ4v) is 6.07. The predicted octanol–water partition coefficient (Wildman–Crippen LogP) is 6.18. The summed E-state index contributed by atoms with van der Waals surface area (Å²) in [5, 5.41) is 19.7. The molecule has 3 amide bonds. The number of amides is 3. The first kappa shape index (κ1) is 66.8. The number of aldehydes is 1. The average Bonchev–Trinajstić information content (AvgIpc) is 3.83. The second-order valence-corrected chi connectivity index (χ2v) is 17.0. The SMILES string of the molecule is C=C(C)CNC(=O)CC.CC.CCC(=O)NCc1cccc([N-]CCN2CCCC2)c1.CCC=O.CCCNCC(C)(C)C.CNCc1cccc(C(=O)NCCN2CCCCC2)c1.[K+]. The maximum absolute atomic E-state index is 12.1. The van der Waals surface area contributed by atoms with Crippen LogP contribution in [0.25, 0.3) is 5.32 Å². The maximum Gasteiger partial charge on any atom is 1.00 e. The Morgan fingerprint density at radius 3 is 1.82 bits per heavy atom. The zero-order chi connectivity index (χ0) is 48.4. The zero-order valence-corrected chi connectivity index (χ0v) is 46.6. The molecule has 0 bridgehead atoms. The molecule has 2 aliphatic rings. The first-order valence-corrected chi connectivity index (χ1v) is 24.3. The quantitative estimate of drug-likeness (QED) is 0.0458. The van der Waals surface area contributed by atoms with Gasteiger partial charge in [0.2, 0.25) is 11.8 Å². The van der Waals surface area contributed by atoms with Gasteiger partial charge < -0.3 is 46.5 Å². The van der Waals surface area contributed by atoms with Crippen molar-refractivity contribution < 1.29 is 70.6 Å². The molecule has 2 aromatic carbocycles. The molecule has 12 nitrogen and oxygen atoms in total. The fraction of sp³-hybridized carbons (Fsp3) is 0.654. The molecule has 65 heavy (non-hydrogen) atoms. The molecule has 0 spiro atoms. The summed E-state index contributed by atoms with van der Waals surface area (Å²) in [4.78, 5) is 48.0. The number of likely N-dealkylation sites (tertiary alicyclic amines) is 2. The van der Waals surface area contributed by atoms with E-state index in [1.54, 1.807) is 0 Å². The van der Waals surface area contributed by atoms with Gasteiger partial charge in [-0.25, -0.2) is 0 Å². The van der Waals surface area contributed by atoms with Crippen LogP contribution in [0.3, 0.4) is 0 Å². The summed E-state index contributed by atoms with van der Waals surface area (Å²) in [5.74, 6) is 0.194. The smallest absolute Gasteiger partial charge is 0.683 e. The summed E-state index contributed by atoms with van der Waals surface area (Å²) in [6.45, 7) is 36.6. The van der Waals surface area contributed by atoms with Gasteiger partial charge in [-0.1, -0.05) is 117 Å². The molecule has 2 aromatic rings. The second kappa shape index (κ2) is 45.3. The Morgan fingerprint density at radius 1 is 0.754 bits per heavy atom. The Balaban J connectivity index is -0.000000796. The van der Waals surface area contributed by atoms with Crippen molar-refractivity contribution in [3.05, 3.63) is 82.7 Å². The van der Waals surface area contributed by atoms with Crippen LogP contribution in [0.4, 0.5) is 5.69 Å². The molecule has 0 unspecified atom stereocenters. The van der Waals surface area contributed by atoms with Crippen molar-refractivity contribution >= 4 is 29.7 Å². The van der Waals surface area contributed by atoms with Crippen LogP contribution >= 0.6 is 0 Å². The number of nitrogens with zero attached hydrogens (tertiary/aromatic N) is 3. The maximum atomic E-state index is 12.1. The minimum Gasteiger partial charge on any atom is -0.683 e. The number of piperidine rings is 1. The van der Waals surface area contributed by atoms with Gasteiger partial charge in [-0.2, -0.15) is 0 Å². The monoisotopic (exact) mass is 933 g/mol. The molecule has 2 aliphatic heterocycles. The molecule has 366 valence electrons. The van der Waals surface area contributed by atoms with Gasteiger partial charge in [0.05, 0.1) is 0 Å². The molecule has 2 heterocycles. The number of hydrogen-bond acceptors (Lipinski definition) is 8. The number of nitrogens with one attached hydrogen (secondary N) is 5. The first-order chi connectivity index (χ1) is 30.7. The molecule has 0 radical (unpaired) electrons. The van der Waals surface area contributed by atoms with Crippen LogP contribution in [0.2, 0.25) is 0 Å². The van der Waals surface area contributed by atoms with E-state index < -0.39 is 0 Å². The van der Waals surface area contributed by atoms with E-state index in [4.69, 9.17) is 0 Å². The van der Waals surface area contributed by atoms with Crippen LogP contribution in [0.1, 0.15) is 149 Å². The Hall–Kier alpha value is -2.46. The Bertz CT molecular complexity index is 1490. The van der Waals surface area contributed by atoms with Gasteiger partial charge in [0.25, 0.3) is 5.91 Å². The summed E-state index contributed by atoms with van der Waals surface area (Å²) >= 11 is 0. The van der Waals surface area contributed by atoms with Crippen molar-refractivity contribution in [3.8, 4) is 0 Å². The molecule has 4 rings (SSSR count). The first-order valence-electron chi connectivity index (χ1n) is 24.3. The molecule has 0 aliphatic carbocycles. The standard InChI is InChI=1S/C16H25N3O.C16H24N3O.C8H19N.C7H13NO.C3H6O.C2H6.K/c1-17-13-14-6-5-7-15(12-14)16(20)18-8-11-19-9-3-2-4-10-19;1-2-16(20)18-13-14-6-5-7-15(12-14)17-8-11-19-9-3-4-10-19;1-5-6-9-7-8(2,3)4;1-4-7(9)8-5-6(2)3;1-2-3-4;1-2;/h5-7,12,17H,2-4,8-11,13H2,1H3,(H,18,20);5-7,12H,2-4,8-11,13H2,1H3,(H,18,20);9H,5-7H2,1-4H3;2,4-5H2,1,3H3,(H,8,9);3H,2H2,1H3;1-2H3;/q;-1;;;;;+1. The minimum absolute atomic E-state index is 0. The molecular weight excluding hydrogens is 840 g/mol. The van der Waals surface area contributed by atoms with Gasteiger partial charge in [0.1, 0.15) is 6.29 Å². The average molecular weight is 933 g/mol. The summed E-state index contributed by atoms with van der Waals surface area (Å²) in [7, 11) is 1.91. The van der Waals surface area contributed by atoms with Gasteiger partial charge in [-0.05, 0) is 121 Å². The van der Waals surface area contributed by atoms with Crippen molar-refractivity contribution in [3.63, 3.8) is 0 Å². The van der Waals surface area contributed by atoms with Crippen molar-refractivity contribution in [2.45, 2.75) is 140 Å². The van der Waals surface area contributed by atoms with Crippen LogP contribution in [-0.4, -0.2) is 113 Å². The van der Waals surface area contributed by atoms with Crippen molar-refractivity contribution in [1.82, 2.24) is 36.4 Å². The third kappa shape index (κ3) is 41.5. The van der Waals surface area contributed by atoms with Gasteiger partial charge in [0.15, 0.2) is 0 Å². The van der Waals surface area contributed by atoms with Crippen LogP contribution in [0.15, 0.2) is 60.7 Å². The predicted molar refractivity (Wildman–Crippen MR) is 272 cm³/mol. The van der Waals surface area contributed by atoms with Gasteiger partial charge in [-0.3, -0.25) is 14.4 Å². The topological polar surface area (TPSA) is 149 Å². The molecule has 2 saturated heterocycles. The van der Waals surface area contributed by atoms with Crippen molar-refractivity contribution in [2.75, 3.05) is 79.0 Å². The van der Waals surface area contributed by atoms with Crippen LogP contribution in [-0.2, 0) is 27.5 Å². The van der Waals surface area contributed by atoms with Crippen molar-refractivity contribution in [2.24, 2.45) is 5.41 Å². The van der Waals surface area contributed by atoms with E-state index in [0.717, 1.165) is 80.1 Å². The van der Waals surface area contributed by atoms with E-state index in [1.165, 1.54) is 64.7 Å². The number of hydrogen-bond donors (Lipinski definition) is 5. The molecule has 5 N–H and O–H groups in total. The van der Waals surface area contributed by atoms with E-state index in [1.807, 2.05) is 91.1 Å². The van der Waals surface area contributed by atoms with E-state index in [9.17, 15) is 19.2 Å². The normalized spacial score (nSPS) is 13.0. The fourth-order valence-electron chi connectivity index (χ4n) is 6.07. The van der Waals surface area contributed by atoms with Crippen LogP contribution in [0.5, 0.6) is 0 Å². The Kier molecular flexibility index (Phi) is 46.6. The van der Waals surface area contributed by atoms with Crippen LogP contribution < -0.4 is 78.0 Å². The van der Waals surface area contributed by atoms with Gasteiger partial charge in [0, 0.05) is 57.5 Å². The molecule has 13 heteroatoms.